The minimum absolute atomic E-state index is 0.0770. The number of hydrogen-bond acceptors (Lipinski definition) is 7. The monoisotopic (exact) mass is 383 g/mol. The Balaban J connectivity index is 1.64. The fourth-order valence-electron chi connectivity index (χ4n) is 2.20. The van der Waals surface area contributed by atoms with Gasteiger partial charge in [-0.2, -0.15) is 0 Å². The van der Waals surface area contributed by atoms with Crippen LogP contribution < -0.4 is 10.1 Å². The summed E-state index contributed by atoms with van der Waals surface area (Å²) in [6.07, 6.45) is 1.70. The quantitative estimate of drug-likeness (QED) is 0.626. The maximum absolute atomic E-state index is 12.4. The standard InChI is InChI=1S/C19H17N3O4S/c1-2-25-17(23)11-14-12-27-19(21-14)22-18(24)13-6-5-7-15(10-13)26-16-8-3-4-9-20-16/h3-10,12H,2,11H2,1H3,(H,21,22,24). The lowest BCUT2D eigenvalue weighted by Gasteiger charge is -2.06. The Bertz CT molecular complexity index is 927. The Morgan fingerprint density at radius 2 is 2.07 bits per heavy atom. The van der Waals surface area contributed by atoms with Crippen molar-refractivity contribution in [3.63, 3.8) is 0 Å². The van der Waals surface area contributed by atoms with E-state index < -0.39 is 0 Å². The number of benzene rings is 1. The number of aromatic nitrogens is 2. The van der Waals surface area contributed by atoms with Gasteiger partial charge in [-0.1, -0.05) is 12.1 Å². The highest BCUT2D eigenvalue weighted by Crippen LogP contribution is 2.22. The zero-order valence-corrected chi connectivity index (χ0v) is 15.4. The lowest BCUT2D eigenvalue weighted by Crippen LogP contribution is -2.12. The van der Waals surface area contributed by atoms with Crippen molar-refractivity contribution in [1.29, 1.82) is 0 Å². The maximum Gasteiger partial charge on any atom is 0.311 e. The molecule has 7 nitrogen and oxygen atoms in total. The number of nitrogens with zero attached hydrogens (tertiary/aromatic N) is 2. The number of esters is 1. The molecule has 0 saturated heterocycles. The summed E-state index contributed by atoms with van der Waals surface area (Å²) < 4.78 is 10.5. The van der Waals surface area contributed by atoms with E-state index in [0.717, 1.165) is 0 Å². The second kappa shape index (κ2) is 8.91. The van der Waals surface area contributed by atoms with Gasteiger partial charge in [0.25, 0.3) is 5.91 Å². The molecule has 0 aliphatic rings. The minimum Gasteiger partial charge on any atom is -0.466 e. The number of rotatable bonds is 7. The normalized spacial score (nSPS) is 10.3. The first-order valence-corrected chi connectivity index (χ1v) is 9.12. The van der Waals surface area contributed by atoms with Crippen molar-refractivity contribution >= 4 is 28.3 Å². The predicted octanol–water partition coefficient (Wildman–Crippen LogP) is 3.69. The molecule has 2 heterocycles. The molecule has 8 heteroatoms. The molecule has 2 aromatic heterocycles. The van der Waals surface area contributed by atoms with Crippen LogP contribution in [0.5, 0.6) is 11.6 Å². The van der Waals surface area contributed by atoms with E-state index in [4.69, 9.17) is 9.47 Å². The second-order valence-electron chi connectivity index (χ2n) is 5.38. The van der Waals surface area contributed by atoms with Crippen molar-refractivity contribution in [2.45, 2.75) is 13.3 Å². The summed E-state index contributed by atoms with van der Waals surface area (Å²) in [5.41, 5.74) is 0.978. The fraction of sp³-hybridized carbons (Fsp3) is 0.158. The van der Waals surface area contributed by atoms with Gasteiger partial charge in [0, 0.05) is 23.2 Å². The fourth-order valence-corrected chi connectivity index (χ4v) is 2.91. The molecule has 0 fully saturated rings. The van der Waals surface area contributed by atoms with Crippen LogP contribution in [0.3, 0.4) is 0 Å². The van der Waals surface area contributed by atoms with E-state index in [1.807, 2.05) is 6.07 Å². The van der Waals surface area contributed by atoms with Gasteiger partial charge in [0.05, 0.1) is 18.7 Å². The summed E-state index contributed by atoms with van der Waals surface area (Å²) in [5.74, 6) is 0.278. The number of ether oxygens (including phenoxy) is 2. The molecule has 0 radical (unpaired) electrons. The number of thiazole rings is 1. The van der Waals surface area contributed by atoms with Crippen LogP contribution in [0.2, 0.25) is 0 Å². The van der Waals surface area contributed by atoms with Crippen molar-refractivity contribution in [2.75, 3.05) is 11.9 Å². The maximum atomic E-state index is 12.4. The highest BCUT2D eigenvalue weighted by atomic mass is 32.1. The van der Waals surface area contributed by atoms with Crippen LogP contribution in [-0.2, 0) is 16.0 Å². The third-order valence-corrected chi connectivity index (χ3v) is 4.17. The Morgan fingerprint density at radius 3 is 2.85 bits per heavy atom. The number of carbonyl (C=O) groups excluding carboxylic acids is 2. The van der Waals surface area contributed by atoms with E-state index in [1.165, 1.54) is 11.3 Å². The molecule has 0 bridgehead atoms. The van der Waals surface area contributed by atoms with Gasteiger partial charge in [0.2, 0.25) is 5.88 Å². The van der Waals surface area contributed by atoms with E-state index in [9.17, 15) is 9.59 Å². The van der Waals surface area contributed by atoms with Crippen LogP contribution in [0.4, 0.5) is 5.13 Å². The van der Waals surface area contributed by atoms with Gasteiger partial charge in [-0.3, -0.25) is 14.9 Å². The molecule has 0 unspecified atom stereocenters. The Hall–Kier alpha value is -3.26. The van der Waals surface area contributed by atoms with Gasteiger partial charge in [0.15, 0.2) is 5.13 Å². The lowest BCUT2D eigenvalue weighted by molar-refractivity contribution is -0.142. The molecule has 1 aromatic carbocycles. The van der Waals surface area contributed by atoms with E-state index in [0.29, 0.717) is 34.6 Å². The largest absolute Gasteiger partial charge is 0.466 e. The molecule has 0 spiro atoms. The number of amides is 1. The second-order valence-corrected chi connectivity index (χ2v) is 6.24. The van der Waals surface area contributed by atoms with Crippen molar-refractivity contribution < 1.29 is 19.1 Å². The Kier molecular flexibility index (Phi) is 6.11. The van der Waals surface area contributed by atoms with Crippen LogP contribution in [0.1, 0.15) is 23.0 Å². The van der Waals surface area contributed by atoms with Gasteiger partial charge in [0.1, 0.15) is 5.75 Å². The summed E-state index contributed by atoms with van der Waals surface area (Å²) >= 11 is 1.25. The topological polar surface area (TPSA) is 90.4 Å². The van der Waals surface area contributed by atoms with Crippen molar-refractivity contribution in [1.82, 2.24) is 9.97 Å². The van der Waals surface area contributed by atoms with Crippen LogP contribution in [0.15, 0.2) is 54.0 Å². The van der Waals surface area contributed by atoms with E-state index in [1.54, 1.807) is 54.9 Å². The number of anilines is 1. The van der Waals surface area contributed by atoms with Gasteiger partial charge >= 0.3 is 5.97 Å². The SMILES string of the molecule is CCOC(=O)Cc1csc(NC(=O)c2cccc(Oc3ccccn3)c2)n1. The molecule has 3 rings (SSSR count). The molecule has 0 aliphatic heterocycles. The first-order valence-electron chi connectivity index (χ1n) is 8.24. The van der Waals surface area contributed by atoms with Crippen molar-refractivity contribution in [2.24, 2.45) is 0 Å². The van der Waals surface area contributed by atoms with Gasteiger partial charge < -0.3 is 9.47 Å². The molecule has 0 saturated carbocycles. The highest BCUT2D eigenvalue weighted by molar-refractivity contribution is 7.14. The molecule has 27 heavy (non-hydrogen) atoms. The van der Waals surface area contributed by atoms with Gasteiger partial charge in [-0.05, 0) is 31.2 Å². The summed E-state index contributed by atoms with van der Waals surface area (Å²) in [5, 5.41) is 4.85. The van der Waals surface area contributed by atoms with Crippen molar-refractivity contribution in [3.05, 3.63) is 65.3 Å². The van der Waals surface area contributed by atoms with Gasteiger partial charge in [-0.25, -0.2) is 9.97 Å². The van der Waals surface area contributed by atoms with E-state index in [-0.39, 0.29) is 18.3 Å². The average molecular weight is 383 g/mol. The Labute approximate surface area is 160 Å². The molecule has 138 valence electrons. The van der Waals surface area contributed by atoms with Gasteiger partial charge in [-0.15, -0.1) is 11.3 Å². The molecule has 1 N–H and O–H groups in total. The molecule has 3 aromatic rings. The number of pyridine rings is 1. The first kappa shape index (κ1) is 18.5. The first-order chi connectivity index (χ1) is 13.1. The summed E-state index contributed by atoms with van der Waals surface area (Å²) in [6.45, 7) is 2.07. The number of carbonyl (C=O) groups is 2. The molecular formula is C19H17N3O4S. The molecular weight excluding hydrogens is 366 g/mol. The van der Waals surface area contributed by atoms with Crippen LogP contribution >= 0.6 is 11.3 Å². The third kappa shape index (κ3) is 5.35. The molecule has 0 aliphatic carbocycles. The lowest BCUT2D eigenvalue weighted by atomic mass is 10.2. The van der Waals surface area contributed by atoms with E-state index >= 15 is 0 Å². The van der Waals surface area contributed by atoms with E-state index in [2.05, 4.69) is 15.3 Å². The Morgan fingerprint density at radius 1 is 1.19 bits per heavy atom. The number of hydrogen-bond donors (Lipinski definition) is 1. The smallest absolute Gasteiger partial charge is 0.311 e. The summed E-state index contributed by atoms with van der Waals surface area (Å²) in [6, 6.07) is 12.1. The molecule has 1 amide bonds. The van der Waals surface area contributed by atoms with Crippen molar-refractivity contribution in [3.8, 4) is 11.6 Å². The van der Waals surface area contributed by atoms with Crippen LogP contribution in [-0.4, -0.2) is 28.5 Å². The predicted molar refractivity (Wildman–Crippen MR) is 101 cm³/mol. The third-order valence-electron chi connectivity index (χ3n) is 3.36. The molecule has 0 atom stereocenters. The average Bonchev–Trinajstić information content (AvgIpc) is 3.09. The zero-order chi connectivity index (χ0) is 19.1. The minimum atomic E-state index is -0.347. The zero-order valence-electron chi connectivity index (χ0n) is 14.5. The van der Waals surface area contributed by atoms with Crippen LogP contribution in [0, 0.1) is 0 Å². The highest BCUT2D eigenvalue weighted by Gasteiger charge is 2.12. The number of nitrogens with one attached hydrogen (secondary N) is 1. The summed E-state index contributed by atoms with van der Waals surface area (Å²) in [7, 11) is 0. The van der Waals surface area contributed by atoms with Crippen LogP contribution in [0.25, 0.3) is 0 Å². The summed E-state index contributed by atoms with van der Waals surface area (Å²) in [4.78, 5) is 32.3.